The standard InChI is InChI=1S/C16H14N2O3/c1-18-13(16(19)20-2)10-11-4-3-5-14(15(11)18)21-12-6-8-17-9-7-12/h3-10H,1-2H3. The van der Waals surface area contributed by atoms with E-state index in [1.54, 1.807) is 35.2 Å². The van der Waals surface area contributed by atoms with E-state index in [0.717, 1.165) is 10.9 Å². The Kier molecular flexibility index (Phi) is 3.31. The van der Waals surface area contributed by atoms with E-state index in [-0.39, 0.29) is 5.97 Å². The van der Waals surface area contributed by atoms with Crippen LogP contribution >= 0.6 is 0 Å². The number of ether oxygens (including phenoxy) is 2. The van der Waals surface area contributed by atoms with Gasteiger partial charge in [-0.05, 0) is 24.3 Å². The summed E-state index contributed by atoms with van der Waals surface area (Å²) < 4.78 is 12.5. The number of rotatable bonds is 3. The zero-order valence-corrected chi connectivity index (χ0v) is 11.7. The molecule has 0 atom stereocenters. The van der Waals surface area contributed by atoms with Gasteiger partial charge in [-0.3, -0.25) is 4.98 Å². The third-order valence-corrected chi connectivity index (χ3v) is 3.29. The van der Waals surface area contributed by atoms with Gasteiger partial charge in [0.15, 0.2) is 5.75 Å². The molecule has 2 aromatic heterocycles. The summed E-state index contributed by atoms with van der Waals surface area (Å²) in [4.78, 5) is 15.7. The molecule has 0 radical (unpaired) electrons. The zero-order valence-electron chi connectivity index (χ0n) is 11.7. The number of benzene rings is 1. The van der Waals surface area contributed by atoms with Gasteiger partial charge in [-0.25, -0.2) is 4.79 Å². The van der Waals surface area contributed by atoms with Gasteiger partial charge in [0.1, 0.15) is 11.4 Å². The molecule has 0 N–H and O–H groups in total. The third kappa shape index (κ3) is 2.33. The second-order valence-corrected chi connectivity index (χ2v) is 4.56. The van der Waals surface area contributed by atoms with Crippen LogP contribution in [0, 0.1) is 0 Å². The SMILES string of the molecule is COC(=O)c1cc2cccc(Oc3ccncc3)c2n1C. The fourth-order valence-electron chi connectivity index (χ4n) is 2.30. The van der Waals surface area contributed by atoms with Crippen molar-refractivity contribution in [3.63, 3.8) is 0 Å². The predicted octanol–water partition coefficient (Wildman–Crippen LogP) is 3.15. The van der Waals surface area contributed by atoms with Crippen LogP contribution in [0.15, 0.2) is 48.8 Å². The van der Waals surface area contributed by atoms with Crippen molar-refractivity contribution in [1.82, 2.24) is 9.55 Å². The highest BCUT2D eigenvalue weighted by atomic mass is 16.5. The highest BCUT2D eigenvalue weighted by molar-refractivity contribution is 5.97. The van der Waals surface area contributed by atoms with Gasteiger partial charge in [-0.1, -0.05) is 12.1 Å². The molecule has 0 saturated carbocycles. The lowest BCUT2D eigenvalue weighted by Crippen LogP contribution is -2.07. The molecule has 0 fully saturated rings. The van der Waals surface area contributed by atoms with Crippen LogP contribution in [-0.4, -0.2) is 22.6 Å². The zero-order chi connectivity index (χ0) is 14.8. The first-order chi connectivity index (χ1) is 10.2. The molecule has 0 aliphatic heterocycles. The van der Waals surface area contributed by atoms with E-state index in [1.807, 2.05) is 25.2 Å². The first-order valence-electron chi connectivity index (χ1n) is 6.45. The molecule has 1 aromatic carbocycles. The van der Waals surface area contributed by atoms with Crippen molar-refractivity contribution >= 4 is 16.9 Å². The number of carbonyl (C=O) groups is 1. The Balaban J connectivity index is 2.11. The fourth-order valence-corrected chi connectivity index (χ4v) is 2.30. The summed E-state index contributed by atoms with van der Waals surface area (Å²) in [6, 6.07) is 11.0. The number of fused-ring (bicyclic) bond motifs is 1. The molecule has 0 bridgehead atoms. The molecule has 5 heteroatoms. The monoisotopic (exact) mass is 282 g/mol. The molecule has 0 aliphatic carbocycles. The van der Waals surface area contributed by atoms with Crippen LogP contribution < -0.4 is 4.74 Å². The Morgan fingerprint density at radius 1 is 1.19 bits per heavy atom. The summed E-state index contributed by atoms with van der Waals surface area (Å²) >= 11 is 0. The van der Waals surface area contributed by atoms with Gasteiger partial charge in [0.25, 0.3) is 0 Å². The molecule has 106 valence electrons. The molecule has 0 spiro atoms. The molecule has 2 heterocycles. The third-order valence-electron chi connectivity index (χ3n) is 3.29. The lowest BCUT2D eigenvalue weighted by atomic mass is 10.2. The summed E-state index contributed by atoms with van der Waals surface area (Å²) in [6.07, 6.45) is 3.33. The number of aromatic nitrogens is 2. The number of carbonyl (C=O) groups excluding carboxylic acids is 1. The van der Waals surface area contributed by atoms with Crippen molar-refractivity contribution in [1.29, 1.82) is 0 Å². The van der Waals surface area contributed by atoms with Crippen LogP contribution in [-0.2, 0) is 11.8 Å². The van der Waals surface area contributed by atoms with Crippen molar-refractivity contribution in [2.24, 2.45) is 7.05 Å². The van der Waals surface area contributed by atoms with Crippen molar-refractivity contribution < 1.29 is 14.3 Å². The van der Waals surface area contributed by atoms with Crippen molar-refractivity contribution in [3.05, 3.63) is 54.5 Å². The van der Waals surface area contributed by atoms with E-state index >= 15 is 0 Å². The molecule has 3 rings (SSSR count). The number of pyridine rings is 1. The van der Waals surface area contributed by atoms with Gasteiger partial charge in [-0.15, -0.1) is 0 Å². The van der Waals surface area contributed by atoms with E-state index in [0.29, 0.717) is 17.2 Å². The van der Waals surface area contributed by atoms with Gasteiger partial charge in [0.2, 0.25) is 0 Å². The maximum atomic E-state index is 11.8. The molecular weight excluding hydrogens is 268 g/mol. The number of para-hydroxylation sites is 1. The van der Waals surface area contributed by atoms with Crippen LogP contribution in [0.1, 0.15) is 10.5 Å². The lowest BCUT2D eigenvalue weighted by Gasteiger charge is -2.09. The quantitative estimate of drug-likeness (QED) is 0.692. The van der Waals surface area contributed by atoms with Gasteiger partial charge < -0.3 is 14.0 Å². The second kappa shape index (κ2) is 5.28. The average Bonchev–Trinajstić information content (AvgIpc) is 2.86. The predicted molar refractivity (Wildman–Crippen MR) is 78.6 cm³/mol. The van der Waals surface area contributed by atoms with Crippen LogP contribution in [0.25, 0.3) is 10.9 Å². The molecule has 0 unspecified atom stereocenters. The topological polar surface area (TPSA) is 53.4 Å². The lowest BCUT2D eigenvalue weighted by molar-refractivity contribution is 0.0590. The Hall–Kier alpha value is -2.82. The fraction of sp³-hybridized carbons (Fsp3) is 0.125. The largest absolute Gasteiger partial charge is 0.464 e. The van der Waals surface area contributed by atoms with Crippen molar-refractivity contribution in [2.45, 2.75) is 0 Å². The smallest absolute Gasteiger partial charge is 0.354 e. The number of hydrogen-bond acceptors (Lipinski definition) is 4. The first kappa shape index (κ1) is 13.2. The maximum absolute atomic E-state index is 11.8. The molecule has 0 aliphatic rings. The number of aryl methyl sites for hydroxylation is 1. The molecule has 5 nitrogen and oxygen atoms in total. The normalized spacial score (nSPS) is 10.6. The Morgan fingerprint density at radius 3 is 2.67 bits per heavy atom. The van der Waals surface area contributed by atoms with Gasteiger partial charge in [0, 0.05) is 24.8 Å². The average molecular weight is 282 g/mol. The molecule has 0 amide bonds. The van der Waals surface area contributed by atoms with Crippen LogP contribution in [0.5, 0.6) is 11.5 Å². The maximum Gasteiger partial charge on any atom is 0.354 e. The van der Waals surface area contributed by atoms with Crippen molar-refractivity contribution in [3.8, 4) is 11.5 Å². The highest BCUT2D eigenvalue weighted by Gasteiger charge is 2.16. The molecule has 0 saturated heterocycles. The number of esters is 1. The van der Waals surface area contributed by atoms with Gasteiger partial charge >= 0.3 is 5.97 Å². The second-order valence-electron chi connectivity index (χ2n) is 4.56. The summed E-state index contributed by atoms with van der Waals surface area (Å²) in [6.45, 7) is 0. The molecule has 21 heavy (non-hydrogen) atoms. The van der Waals surface area contributed by atoms with E-state index in [4.69, 9.17) is 9.47 Å². The van der Waals surface area contributed by atoms with Gasteiger partial charge in [0.05, 0.1) is 12.6 Å². The number of nitrogens with zero attached hydrogens (tertiary/aromatic N) is 2. The van der Waals surface area contributed by atoms with E-state index in [2.05, 4.69) is 4.98 Å². The summed E-state index contributed by atoms with van der Waals surface area (Å²) in [5.41, 5.74) is 1.33. The Morgan fingerprint density at radius 2 is 1.95 bits per heavy atom. The Labute approximate surface area is 121 Å². The first-order valence-corrected chi connectivity index (χ1v) is 6.45. The molecular formula is C16H14N2O3. The minimum absolute atomic E-state index is 0.372. The minimum Gasteiger partial charge on any atom is -0.464 e. The minimum atomic E-state index is -0.372. The van der Waals surface area contributed by atoms with E-state index in [1.165, 1.54) is 7.11 Å². The van der Waals surface area contributed by atoms with Crippen LogP contribution in [0.4, 0.5) is 0 Å². The van der Waals surface area contributed by atoms with E-state index in [9.17, 15) is 4.79 Å². The highest BCUT2D eigenvalue weighted by Crippen LogP contribution is 2.31. The summed E-state index contributed by atoms with van der Waals surface area (Å²) in [5, 5.41) is 0.921. The molecule has 3 aromatic rings. The number of methoxy groups -OCH3 is 1. The summed E-state index contributed by atoms with van der Waals surface area (Å²) in [7, 11) is 3.18. The number of hydrogen-bond donors (Lipinski definition) is 0. The van der Waals surface area contributed by atoms with Gasteiger partial charge in [-0.2, -0.15) is 0 Å². The van der Waals surface area contributed by atoms with Crippen molar-refractivity contribution in [2.75, 3.05) is 7.11 Å². The van der Waals surface area contributed by atoms with E-state index < -0.39 is 0 Å². The van der Waals surface area contributed by atoms with Crippen LogP contribution in [0.3, 0.4) is 0 Å². The Bertz CT molecular complexity index is 794. The van der Waals surface area contributed by atoms with Crippen LogP contribution in [0.2, 0.25) is 0 Å². The summed E-state index contributed by atoms with van der Waals surface area (Å²) in [5.74, 6) is 0.998.